The van der Waals surface area contributed by atoms with Crippen LogP contribution in [0.25, 0.3) is 11.3 Å². The number of benzene rings is 1. The van der Waals surface area contributed by atoms with Gasteiger partial charge in [-0.15, -0.1) is 0 Å². The van der Waals surface area contributed by atoms with E-state index in [1.807, 2.05) is 14.1 Å². The molecule has 0 saturated heterocycles. The van der Waals surface area contributed by atoms with Crippen molar-refractivity contribution in [2.24, 2.45) is 7.05 Å². The monoisotopic (exact) mass is 334 g/mol. The van der Waals surface area contributed by atoms with E-state index in [2.05, 4.69) is 15.3 Å². The second-order valence-electron chi connectivity index (χ2n) is 5.80. The number of ether oxygens (including phenoxy) is 1. The first-order chi connectivity index (χ1) is 11.4. The van der Waals surface area contributed by atoms with Crippen molar-refractivity contribution in [1.82, 2.24) is 20.0 Å². The number of methoxy groups -OCH3 is 1. The van der Waals surface area contributed by atoms with Gasteiger partial charge in [-0.1, -0.05) is 0 Å². The first kappa shape index (κ1) is 17.9. The smallest absolute Gasteiger partial charge is 0.271 e. The first-order valence-corrected chi connectivity index (χ1v) is 7.73. The molecule has 1 aromatic carbocycles. The van der Waals surface area contributed by atoms with Crippen LogP contribution in [-0.2, 0) is 7.05 Å². The lowest BCUT2D eigenvalue weighted by Crippen LogP contribution is -2.27. The lowest BCUT2D eigenvalue weighted by atomic mass is 10.1. The maximum Gasteiger partial charge on any atom is 0.271 e. The Bertz CT molecular complexity index is 713. The maximum absolute atomic E-state index is 13.6. The van der Waals surface area contributed by atoms with E-state index in [0.29, 0.717) is 29.2 Å². The van der Waals surface area contributed by atoms with Gasteiger partial charge in [-0.3, -0.25) is 9.48 Å². The number of carbonyl (C=O) groups is 1. The van der Waals surface area contributed by atoms with E-state index < -0.39 is 0 Å². The summed E-state index contributed by atoms with van der Waals surface area (Å²) in [5, 5.41) is 7.06. The molecule has 24 heavy (non-hydrogen) atoms. The second kappa shape index (κ2) is 7.92. The lowest BCUT2D eigenvalue weighted by Gasteiger charge is -2.09. The predicted molar refractivity (Wildman–Crippen MR) is 90.7 cm³/mol. The van der Waals surface area contributed by atoms with Crippen molar-refractivity contribution in [3.63, 3.8) is 0 Å². The van der Waals surface area contributed by atoms with Crippen LogP contribution < -0.4 is 10.1 Å². The van der Waals surface area contributed by atoms with E-state index in [-0.39, 0.29) is 11.7 Å². The molecule has 2 rings (SSSR count). The molecule has 1 heterocycles. The third kappa shape index (κ3) is 4.32. The molecule has 1 aromatic heterocycles. The SMILES string of the molecule is COc1ccc(F)cc1-c1cc(C(=O)NCCCN(C)C)nn1C. The summed E-state index contributed by atoms with van der Waals surface area (Å²) >= 11 is 0. The summed E-state index contributed by atoms with van der Waals surface area (Å²) in [4.78, 5) is 14.3. The van der Waals surface area contributed by atoms with Crippen LogP contribution in [0, 0.1) is 5.82 Å². The summed E-state index contributed by atoms with van der Waals surface area (Å²) in [6.07, 6.45) is 0.857. The summed E-state index contributed by atoms with van der Waals surface area (Å²) in [5.74, 6) is -0.0926. The van der Waals surface area contributed by atoms with Gasteiger partial charge in [0.2, 0.25) is 0 Å². The minimum Gasteiger partial charge on any atom is -0.496 e. The fourth-order valence-corrected chi connectivity index (χ4v) is 2.40. The number of hydrogen-bond donors (Lipinski definition) is 1. The highest BCUT2D eigenvalue weighted by atomic mass is 19.1. The Morgan fingerprint density at radius 2 is 2.12 bits per heavy atom. The topological polar surface area (TPSA) is 59.4 Å². The largest absolute Gasteiger partial charge is 0.496 e. The quantitative estimate of drug-likeness (QED) is 0.786. The van der Waals surface area contributed by atoms with Crippen LogP contribution in [0.4, 0.5) is 4.39 Å². The molecule has 0 unspecified atom stereocenters. The molecule has 6 nitrogen and oxygen atoms in total. The molecule has 1 amide bonds. The minimum absolute atomic E-state index is 0.244. The molecule has 0 fully saturated rings. The highest BCUT2D eigenvalue weighted by Gasteiger charge is 2.17. The molecule has 0 atom stereocenters. The predicted octanol–water partition coefficient (Wildman–Crippen LogP) is 1.92. The van der Waals surface area contributed by atoms with Gasteiger partial charge in [0, 0.05) is 19.2 Å². The standard InChI is InChI=1S/C17H23FN4O2/c1-21(2)9-5-8-19-17(23)14-11-15(22(3)20-14)13-10-12(18)6-7-16(13)24-4/h6-7,10-11H,5,8-9H2,1-4H3,(H,19,23). The summed E-state index contributed by atoms with van der Waals surface area (Å²) < 4.78 is 20.4. The lowest BCUT2D eigenvalue weighted by molar-refractivity contribution is 0.0946. The average molecular weight is 334 g/mol. The van der Waals surface area contributed by atoms with Crippen molar-refractivity contribution >= 4 is 5.91 Å². The zero-order valence-electron chi connectivity index (χ0n) is 14.5. The third-order valence-electron chi connectivity index (χ3n) is 3.62. The van der Waals surface area contributed by atoms with Gasteiger partial charge in [0.05, 0.1) is 12.8 Å². The zero-order valence-corrected chi connectivity index (χ0v) is 14.5. The average Bonchev–Trinajstić information content (AvgIpc) is 2.93. The van der Waals surface area contributed by atoms with E-state index in [1.165, 1.54) is 19.2 Å². The summed E-state index contributed by atoms with van der Waals surface area (Å²) in [6, 6.07) is 5.89. The second-order valence-corrected chi connectivity index (χ2v) is 5.80. The molecule has 0 spiro atoms. The van der Waals surface area contributed by atoms with Gasteiger partial charge in [-0.2, -0.15) is 5.10 Å². The van der Waals surface area contributed by atoms with Crippen LogP contribution in [0.15, 0.2) is 24.3 Å². The van der Waals surface area contributed by atoms with Gasteiger partial charge in [0.25, 0.3) is 5.91 Å². The number of aryl methyl sites for hydroxylation is 1. The highest BCUT2D eigenvalue weighted by molar-refractivity contribution is 5.93. The molecule has 130 valence electrons. The number of amides is 1. The number of nitrogens with zero attached hydrogens (tertiary/aromatic N) is 3. The summed E-state index contributed by atoms with van der Waals surface area (Å²) in [6.45, 7) is 1.47. The Morgan fingerprint density at radius 1 is 1.38 bits per heavy atom. The normalized spacial score (nSPS) is 10.9. The van der Waals surface area contributed by atoms with Crippen molar-refractivity contribution in [3.05, 3.63) is 35.8 Å². The Balaban J connectivity index is 2.15. The van der Waals surface area contributed by atoms with Gasteiger partial charge in [-0.05, 0) is 51.3 Å². The van der Waals surface area contributed by atoms with E-state index in [1.54, 1.807) is 23.9 Å². The number of hydrogen-bond acceptors (Lipinski definition) is 4. The van der Waals surface area contributed by atoms with E-state index in [0.717, 1.165) is 13.0 Å². The molecule has 0 saturated carbocycles. The maximum atomic E-state index is 13.6. The van der Waals surface area contributed by atoms with E-state index in [4.69, 9.17) is 4.74 Å². The summed E-state index contributed by atoms with van der Waals surface area (Å²) in [5.41, 5.74) is 1.47. The molecular formula is C17H23FN4O2. The molecule has 0 aliphatic heterocycles. The number of nitrogens with one attached hydrogen (secondary N) is 1. The van der Waals surface area contributed by atoms with Crippen molar-refractivity contribution in [2.75, 3.05) is 34.3 Å². The van der Waals surface area contributed by atoms with Gasteiger partial charge < -0.3 is 15.0 Å². The Hall–Kier alpha value is -2.41. The molecule has 2 aromatic rings. The van der Waals surface area contributed by atoms with Crippen molar-refractivity contribution in [2.45, 2.75) is 6.42 Å². The van der Waals surface area contributed by atoms with Crippen LogP contribution in [0.2, 0.25) is 0 Å². The van der Waals surface area contributed by atoms with Crippen LogP contribution >= 0.6 is 0 Å². The van der Waals surface area contributed by atoms with Crippen molar-refractivity contribution in [1.29, 1.82) is 0 Å². The molecule has 0 aliphatic carbocycles. The van der Waals surface area contributed by atoms with Crippen LogP contribution in [0.5, 0.6) is 5.75 Å². The number of aromatic nitrogens is 2. The fourth-order valence-electron chi connectivity index (χ4n) is 2.40. The van der Waals surface area contributed by atoms with E-state index >= 15 is 0 Å². The van der Waals surface area contributed by atoms with Crippen molar-refractivity contribution < 1.29 is 13.9 Å². The van der Waals surface area contributed by atoms with Gasteiger partial charge in [-0.25, -0.2) is 4.39 Å². The van der Waals surface area contributed by atoms with Crippen molar-refractivity contribution in [3.8, 4) is 17.0 Å². The highest BCUT2D eigenvalue weighted by Crippen LogP contribution is 2.30. The van der Waals surface area contributed by atoms with E-state index in [9.17, 15) is 9.18 Å². The molecule has 0 bridgehead atoms. The first-order valence-electron chi connectivity index (χ1n) is 7.73. The minimum atomic E-state index is -0.373. The molecular weight excluding hydrogens is 311 g/mol. The molecule has 1 N–H and O–H groups in total. The zero-order chi connectivity index (χ0) is 17.7. The number of rotatable bonds is 7. The number of halogens is 1. The van der Waals surface area contributed by atoms with Crippen LogP contribution in [0.3, 0.4) is 0 Å². The van der Waals surface area contributed by atoms with Crippen LogP contribution in [0.1, 0.15) is 16.9 Å². The molecule has 0 radical (unpaired) electrons. The third-order valence-corrected chi connectivity index (χ3v) is 3.62. The van der Waals surface area contributed by atoms with Gasteiger partial charge in [0.15, 0.2) is 5.69 Å². The molecule has 0 aliphatic rings. The van der Waals surface area contributed by atoms with Gasteiger partial charge in [0.1, 0.15) is 11.6 Å². The van der Waals surface area contributed by atoms with Gasteiger partial charge >= 0.3 is 0 Å². The Morgan fingerprint density at radius 3 is 2.79 bits per heavy atom. The fraction of sp³-hybridized carbons (Fsp3) is 0.412. The van der Waals surface area contributed by atoms with Crippen LogP contribution in [-0.4, -0.2) is 54.9 Å². The number of carbonyl (C=O) groups excluding carboxylic acids is 1. The molecule has 7 heteroatoms. The Labute approximate surface area is 141 Å². The Kier molecular flexibility index (Phi) is 5.92. The summed E-state index contributed by atoms with van der Waals surface area (Å²) in [7, 11) is 7.20.